The van der Waals surface area contributed by atoms with Gasteiger partial charge < -0.3 is 5.32 Å². The lowest BCUT2D eigenvalue weighted by molar-refractivity contribution is 0.423. The zero-order valence-corrected chi connectivity index (χ0v) is 13.4. The van der Waals surface area contributed by atoms with E-state index in [0.29, 0.717) is 5.95 Å². The van der Waals surface area contributed by atoms with Crippen molar-refractivity contribution >= 4 is 17.5 Å². The van der Waals surface area contributed by atoms with Crippen LogP contribution < -0.4 is 5.32 Å². The molecule has 0 spiro atoms. The van der Waals surface area contributed by atoms with Crippen LogP contribution in [0, 0.1) is 6.92 Å². The maximum atomic E-state index is 6.00. The lowest BCUT2D eigenvalue weighted by Gasteiger charge is -2.31. The van der Waals surface area contributed by atoms with Gasteiger partial charge in [-0.25, -0.2) is 4.68 Å². The van der Waals surface area contributed by atoms with Crippen molar-refractivity contribution < 1.29 is 0 Å². The molecule has 1 aromatic heterocycles. The van der Waals surface area contributed by atoms with Crippen LogP contribution in [0.3, 0.4) is 0 Å². The number of nitrogens with zero attached hydrogens (tertiary/aromatic N) is 4. The molecule has 0 radical (unpaired) electrons. The van der Waals surface area contributed by atoms with Gasteiger partial charge >= 0.3 is 0 Å². The van der Waals surface area contributed by atoms with E-state index in [-0.39, 0.29) is 12.1 Å². The maximum Gasteiger partial charge on any atom is 0.243 e. The van der Waals surface area contributed by atoms with Gasteiger partial charge in [-0.15, -0.1) is 0 Å². The zero-order valence-electron chi connectivity index (χ0n) is 12.6. The quantitative estimate of drug-likeness (QED) is 0.779. The Labute approximate surface area is 139 Å². The Morgan fingerprint density at radius 2 is 1.96 bits per heavy atom. The molecular weight excluding hydrogens is 310 g/mol. The summed E-state index contributed by atoms with van der Waals surface area (Å²) >= 11 is 6.00. The van der Waals surface area contributed by atoms with Crippen molar-refractivity contribution in [3.8, 4) is 0 Å². The molecule has 1 aliphatic rings. The summed E-state index contributed by atoms with van der Waals surface area (Å²) in [6.07, 6.45) is 0.878. The van der Waals surface area contributed by atoms with E-state index in [0.717, 1.165) is 11.4 Å². The van der Waals surface area contributed by atoms with Crippen molar-refractivity contribution in [2.75, 3.05) is 5.32 Å². The Morgan fingerprint density at radius 3 is 2.74 bits per heavy atom. The van der Waals surface area contributed by atoms with E-state index in [1.165, 1.54) is 16.7 Å². The largest absolute Gasteiger partial charge is 0.346 e. The first kappa shape index (κ1) is 14.2. The van der Waals surface area contributed by atoms with Gasteiger partial charge in [-0.05, 0) is 47.0 Å². The van der Waals surface area contributed by atoms with Crippen LogP contribution in [0.25, 0.3) is 0 Å². The van der Waals surface area contributed by atoms with Gasteiger partial charge in [0, 0.05) is 5.02 Å². The van der Waals surface area contributed by atoms with Crippen LogP contribution in [0.15, 0.2) is 48.5 Å². The first-order chi connectivity index (χ1) is 11.2. The van der Waals surface area contributed by atoms with Gasteiger partial charge in [-0.2, -0.15) is 0 Å². The summed E-state index contributed by atoms with van der Waals surface area (Å²) in [5.74, 6) is 0.697. The maximum absolute atomic E-state index is 6.00. The first-order valence-corrected chi connectivity index (χ1v) is 7.95. The van der Waals surface area contributed by atoms with Crippen molar-refractivity contribution in [3.05, 3.63) is 70.2 Å². The average Bonchev–Trinajstić information content (AvgIpc) is 3.03. The third-order valence-corrected chi connectivity index (χ3v) is 4.50. The fourth-order valence-electron chi connectivity index (χ4n) is 3.11. The second-order valence-corrected chi connectivity index (χ2v) is 6.30. The number of fused-ring (bicyclic) bond motifs is 1. The third kappa shape index (κ3) is 2.68. The van der Waals surface area contributed by atoms with Crippen molar-refractivity contribution in [1.29, 1.82) is 0 Å². The molecular formula is C17H16ClN5. The lowest BCUT2D eigenvalue weighted by atomic mass is 9.93. The molecule has 4 rings (SSSR count). The van der Waals surface area contributed by atoms with Crippen LogP contribution in [-0.2, 0) is 0 Å². The van der Waals surface area contributed by atoms with Gasteiger partial charge in [0.25, 0.3) is 0 Å². The number of benzene rings is 2. The van der Waals surface area contributed by atoms with E-state index < -0.39 is 0 Å². The Hall–Kier alpha value is -2.40. The summed E-state index contributed by atoms with van der Waals surface area (Å²) in [6, 6.07) is 16.7. The monoisotopic (exact) mass is 325 g/mol. The van der Waals surface area contributed by atoms with Crippen LogP contribution >= 0.6 is 11.6 Å². The predicted molar refractivity (Wildman–Crippen MR) is 89.6 cm³/mol. The fourth-order valence-corrected chi connectivity index (χ4v) is 3.23. The highest BCUT2D eigenvalue weighted by molar-refractivity contribution is 6.30. The second kappa shape index (κ2) is 5.66. The Kier molecular flexibility index (Phi) is 3.50. The number of aromatic nitrogens is 4. The van der Waals surface area contributed by atoms with E-state index in [9.17, 15) is 0 Å². The highest BCUT2D eigenvalue weighted by Crippen LogP contribution is 2.37. The number of rotatable bonds is 2. The summed E-state index contributed by atoms with van der Waals surface area (Å²) in [5.41, 5.74) is 3.64. The summed E-state index contributed by atoms with van der Waals surface area (Å²) in [4.78, 5) is 0. The topological polar surface area (TPSA) is 55.6 Å². The van der Waals surface area contributed by atoms with E-state index in [2.05, 4.69) is 52.0 Å². The molecule has 2 heterocycles. The lowest BCUT2D eigenvalue weighted by Crippen LogP contribution is -2.28. The van der Waals surface area contributed by atoms with Crippen LogP contribution in [-0.4, -0.2) is 20.2 Å². The summed E-state index contributed by atoms with van der Waals surface area (Å²) in [7, 11) is 0. The number of anilines is 1. The van der Waals surface area contributed by atoms with Crippen LogP contribution in [0.2, 0.25) is 5.02 Å². The van der Waals surface area contributed by atoms with Crippen molar-refractivity contribution in [2.45, 2.75) is 25.4 Å². The number of hydrogen-bond donors (Lipinski definition) is 1. The van der Waals surface area contributed by atoms with Gasteiger partial charge in [0.2, 0.25) is 5.95 Å². The van der Waals surface area contributed by atoms with E-state index in [1.54, 1.807) is 0 Å². The van der Waals surface area contributed by atoms with Crippen LogP contribution in [0.4, 0.5) is 5.95 Å². The SMILES string of the molecule is Cc1cccc(C2CC(c3ccc(Cl)cc3)Nc3nnnn32)c1. The molecule has 0 amide bonds. The molecule has 2 aromatic carbocycles. The highest BCUT2D eigenvalue weighted by Gasteiger charge is 2.30. The molecule has 116 valence electrons. The molecule has 3 aromatic rings. The molecule has 2 unspecified atom stereocenters. The number of aryl methyl sites for hydroxylation is 1. The van der Waals surface area contributed by atoms with Gasteiger partial charge in [0.15, 0.2) is 0 Å². The molecule has 6 heteroatoms. The molecule has 1 aliphatic heterocycles. The minimum absolute atomic E-state index is 0.113. The van der Waals surface area contributed by atoms with Crippen LogP contribution in [0.1, 0.15) is 35.2 Å². The summed E-state index contributed by atoms with van der Waals surface area (Å²) in [6.45, 7) is 2.10. The van der Waals surface area contributed by atoms with Crippen molar-refractivity contribution in [3.63, 3.8) is 0 Å². The van der Waals surface area contributed by atoms with Crippen molar-refractivity contribution in [1.82, 2.24) is 20.2 Å². The fraction of sp³-hybridized carbons (Fsp3) is 0.235. The van der Waals surface area contributed by atoms with E-state index in [1.807, 2.05) is 28.9 Å². The molecule has 0 bridgehead atoms. The molecule has 0 saturated carbocycles. The summed E-state index contributed by atoms with van der Waals surface area (Å²) < 4.78 is 1.86. The van der Waals surface area contributed by atoms with Crippen molar-refractivity contribution in [2.24, 2.45) is 0 Å². The van der Waals surface area contributed by atoms with Gasteiger partial charge in [-0.3, -0.25) is 0 Å². The zero-order chi connectivity index (χ0) is 15.8. The summed E-state index contributed by atoms with van der Waals surface area (Å²) in [5, 5.41) is 16.2. The normalized spacial score (nSPS) is 19.9. The van der Waals surface area contributed by atoms with Gasteiger partial charge in [0.1, 0.15) is 0 Å². The minimum atomic E-state index is 0.113. The Morgan fingerprint density at radius 1 is 1.13 bits per heavy atom. The molecule has 0 aliphatic carbocycles. The Bertz CT molecular complexity index is 827. The Balaban J connectivity index is 1.73. The van der Waals surface area contributed by atoms with E-state index >= 15 is 0 Å². The first-order valence-electron chi connectivity index (χ1n) is 7.57. The number of nitrogens with one attached hydrogen (secondary N) is 1. The second-order valence-electron chi connectivity index (χ2n) is 5.86. The molecule has 5 nitrogen and oxygen atoms in total. The van der Waals surface area contributed by atoms with Crippen LogP contribution in [0.5, 0.6) is 0 Å². The number of tetrazole rings is 1. The number of hydrogen-bond acceptors (Lipinski definition) is 4. The standard InChI is InChI=1S/C17H16ClN5/c1-11-3-2-4-13(9-11)16-10-15(12-5-7-14(18)8-6-12)19-17-20-21-22-23(16)17/h2-9,15-16H,10H2,1H3,(H,19,20,22). The third-order valence-electron chi connectivity index (χ3n) is 4.25. The molecule has 0 fully saturated rings. The van der Waals surface area contributed by atoms with Gasteiger partial charge in [-0.1, -0.05) is 58.7 Å². The predicted octanol–water partition coefficient (Wildman–Crippen LogP) is 3.78. The van der Waals surface area contributed by atoms with Gasteiger partial charge in [0.05, 0.1) is 12.1 Å². The molecule has 0 saturated heterocycles. The highest BCUT2D eigenvalue weighted by atomic mass is 35.5. The molecule has 2 atom stereocenters. The smallest absolute Gasteiger partial charge is 0.243 e. The number of halogens is 1. The molecule has 23 heavy (non-hydrogen) atoms. The van der Waals surface area contributed by atoms with E-state index in [4.69, 9.17) is 11.6 Å². The molecule has 1 N–H and O–H groups in total. The average molecular weight is 326 g/mol. The minimum Gasteiger partial charge on any atom is -0.346 e.